The highest BCUT2D eigenvalue weighted by Crippen LogP contribution is 2.26. The summed E-state index contributed by atoms with van der Waals surface area (Å²) in [5.74, 6) is 0.266. The molecule has 2 saturated heterocycles. The zero-order valence-electron chi connectivity index (χ0n) is 17.0. The molecule has 0 aliphatic carbocycles. The van der Waals surface area contributed by atoms with E-state index in [9.17, 15) is 14.4 Å². The molecule has 0 unspecified atom stereocenters. The first-order chi connectivity index (χ1) is 14.6. The van der Waals surface area contributed by atoms with Crippen molar-refractivity contribution in [3.63, 3.8) is 0 Å². The van der Waals surface area contributed by atoms with Crippen LogP contribution in [-0.2, 0) is 9.59 Å². The number of ketones is 1. The number of anilines is 1. The molecule has 3 heterocycles. The number of carbonyl (C=O) groups is 3. The Morgan fingerprint density at radius 2 is 1.93 bits per heavy atom. The smallest absolute Gasteiger partial charge is 0.223 e. The minimum absolute atomic E-state index is 0.0356. The standard InChI is InChI=1S/C22H27N5O3/c23-22-17(15-24-27(22)16-7-2-1-3-8-16)21(30)18-9-4-14-26(18)20(29)11-6-13-25-12-5-10-19(25)28/h1-3,7-8,15,18H,4-6,9-14,23H2/t18-/m1/s1. The molecular formula is C22H27N5O3. The maximum Gasteiger partial charge on any atom is 0.223 e. The minimum Gasteiger partial charge on any atom is -0.383 e. The van der Waals surface area contributed by atoms with E-state index in [0.717, 1.165) is 25.1 Å². The number of rotatable bonds is 7. The molecule has 2 aliphatic rings. The number of nitrogens with two attached hydrogens (primary N) is 1. The number of Topliss-reactive ketones (excluding diaryl/α,β-unsaturated/α-hetero) is 1. The van der Waals surface area contributed by atoms with Crippen molar-refractivity contribution >= 4 is 23.4 Å². The summed E-state index contributed by atoms with van der Waals surface area (Å²) in [7, 11) is 0. The van der Waals surface area contributed by atoms with Crippen LogP contribution in [0.1, 0.15) is 48.9 Å². The Morgan fingerprint density at radius 3 is 2.67 bits per heavy atom. The molecule has 2 aromatic rings. The predicted molar refractivity (Wildman–Crippen MR) is 112 cm³/mol. The summed E-state index contributed by atoms with van der Waals surface area (Å²) < 4.78 is 1.54. The van der Waals surface area contributed by atoms with Crippen LogP contribution in [0.3, 0.4) is 0 Å². The number of hydrogen-bond acceptors (Lipinski definition) is 5. The van der Waals surface area contributed by atoms with E-state index in [1.54, 1.807) is 9.58 Å². The Hall–Kier alpha value is -3.16. The van der Waals surface area contributed by atoms with Crippen molar-refractivity contribution in [3.05, 3.63) is 42.1 Å². The number of nitrogen functional groups attached to an aromatic ring is 1. The molecule has 2 fully saturated rings. The fourth-order valence-corrected chi connectivity index (χ4v) is 4.35. The third-order valence-corrected chi connectivity index (χ3v) is 5.94. The van der Waals surface area contributed by atoms with E-state index in [1.807, 2.05) is 35.2 Å². The van der Waals surface area contributed by atoms with Crippen LogP contribution in [-0.4, -0.2) is 62.9 Å². The van der Waals surface area contributed by atoms with E-state index < -0.39 is 6.04 Å². The summed E-state index contributed by atoms with van der Waals surface area (Å²) >= 11 is 0. The van der Waals surface area contributed by atoms with Crippen LogP contribution in [0.15, 0.2) is 36.5 Å². The van der Waals surface area contributed by atoms with Gasteiger partial charge in [0, 0.05) is 32.5 Å². The van der Waals surface area contributed by atoms with E-state index in [2.05, 4.69) is 5.10 Å². The lowest BCUT2D eigenvalue weighted by molar-refractivity contribution is -0.132. The van der Waals surface area contributed by atoms with E-state index in [-0.39, 0.29) is 23.4 Å². The molecule has 158 valence electrons. The number of nitrogens with zero attached hydrogens (tertiary/aromatic N) is 4. The van der Waals surface area contributed by atoms with Crippen LogP contribution in [0.4, 0.5) is 5.82 Å². The molecule has 1 aromatic carbocycles. The highest BCUT2D eigenvalue weighted by Gasteiger charge is 2.36. The molecular weight excluding hydrogens is 382 g/mol. The van der Waals surface area contributed by atoms with E-state index in [4.69, 9.17) is 5.73 Å². The molecule has 2 N–H and O–H groups in total. The fourth-order valence-electron chi connectivity index (χ4n) is 4.35. The molecule has 0 saturated carbocycles. The largest absolute Gasteiger partial charge is 0.383 e. The Morgan fingerprint density at radius 1 is 1.13 bits per heavy atom. The van der Waals surface area contributed by atoms with Gasteiger partial charge in [0.05, 0.1) is 23.5 Å². The van der Waals surface area contributed by atoms with E-state index in [0.29, 0.717) is 44.3 Å². The van der Waals surface area contributed by atoms with Crippen molar-refractivity contribution in [2.24, 2.45) is 0 Å². The van der Waals surface area contributed by atoms with Gasteiger partial charge >= 0.3 is 0 Å². The molecule has 0 bridgehead atoms. The van der Waals surface area contributed by atoms with E-state index >= 15 is 0 Å². The molecule has 2 amide bonds. The van der Waals surface area contributed by atoms with Crippen molar-refractivity contribution in [3.8, 4) is 5.69 Å². The topological polar surface area (TPSA) is 102 Å². The summed E-state index contributed by atoms with van der Waals surface area (Å²) in [5.41, 5.74) is 7.36. The quantitative estimate of drug-likeness (QED) is 0.705. The van der Waals surface area contributed by atoms with Crippen molar-refractivity contribution in [2.45, 2.75) is 44.6 Å². The van der Waals surface area contributed by atoms with Gasteiger partial charge in [0.1, 0.15) is 5.82 Å². The second-order valence-corrected chi connectivity index (χ2v) is 7.89. The van der Waals surface area contributed by atoms with Gasteiger partial charge in [-0.05, 0) is 37.8 Å². The summed E-state index contributed by atoms with van der Waals surface area (Å²) in [4.78, 5) is 41.1. The first kappa shape index (κ1) is 20.1. The molecule has 8 heteroatoms. The average Bonchev–Trinajstić information content (AvgIpc) is 3.48. The first-order valence-corrected chi connectivity index (χ1v) is 10.6. The number of aromatic nitrogens is 2. The maximum atomic E-state index is 13.2. The molecule has 0 spiro atoms. The van der Waals surface area contributed by atoms with Gasteiger partial charge in [0.2, 0.25) is 11.8 Å². The number of carbonyl (C=O) groups excluding carboxylic acids is 3. The van der Waals surface area contributed by atoms with Gasteiger partial charge in [0.15, 0.2) is 5.78 Å². The normalized spacial score (nSPS) is 18.9. The zero-order valence-corrected chi connectivity index (χ0v) is 17.0. The molecule has 0 radical (unpaired) electrons. The van der Waals surface area contributed by atoms with Crippen LogP contribution in [0.5, 0.6) is 0 Å². The minimum atomic E-state index is -0.498. The highest BCUT2D eigenvalue weighted by molar-refractivity contribution is 6.05. The lowest BCUT2D eigenvalue weighted by Gasteiger charge is -2.24. The van der Waals surface area contributed by atoms with Gasteiger partial charge in [-0.15, -0.1) is 0 Å². The summed E-state index contributed by atoms with van der Waals surface area (Å²) in [6.45, 7) is 1.96. The molecule has 8 nitrogen and oxygen atoms in total. The SMILES string of the molecule is Nc1c(C(=O)[C@H]2CCCN2C(=O)CCCN2CCCC2=O)cnn1-c1ccccc1. The fraction of sp³-hybridized carbons (Fsp3) is 0.455. The number of amides is 2. The van der Waals surface area contributed by atoms with Gasteiger partial charge in [-0.2, -0.15) is 5.10 Å². The molecule has 30 heavy (non-hydrogen) atoms. The van der Waals surface area contributed by atoms with Crippen molar-refractivity contribution in [1.82, 2.24) is 19.6 Å². The summed E-state index contributed by atoms with van der Waals surface area (Å²) in [6.07, 6.45) is 5.37. The van der Waals surface area contributed by atoms with Gasteiger partial charge in [-0.25, -0.2) is 4.68 Å². The number of likely N-dealkylation sites (tertiary alicyclic amines) is 2. The Bertz CT molecular complexity index is 940. The van der Waals surface area contributed by atoms with Crippen LogP contribution in [0, 0.1) is 0 Å². The van der Waals surface area contributed by atoms with Crippen LogP contribution in [0.2, 0.25) is 0 Å². The first-order valence-electron chi connectivity index (χ1n) is 10.6. The Labute approximate surface area is 175 Å². The zero-order chi connectivity index (χ0) is 21.1. The van der Waals surface area contributed by atoms with Gasteiger partial charge in [0.25, 0.3) is 0 Å². The highest BCUT2D eigenvalue weighted by atomic mass is 16.2. The maximum absolute atomic E-state index is 13.2. The second kappa shape index (κ2) is 8.69. The average molecular weight is 409 g/mol. The van der Waals surface area contributed by atoms with Crippen molar-refractivity contribution in [1.29, 1.82) is 0 Å². The monoisotopic (exact) mass is 409 g/mol. The number of benzene rings is 1. The third-order valence-electron chi connectivity index (χ3n) is 5.94. The van der Waals surface area contributed by atoms with Crippen molar-refractivity contribution in [2.75, 3.05) is 25.4 Å². The summed E-state index contributed by atoms with van der Waals surface area (Å²) in [5, 5.41) is 4.28. The van der Waals surface area contributed by atoms with Crippen LogP contribution < -0.4 is 5.73 Å². The Kier molecular flexibility index (Phi) is 5.83. The molecule has 4 rings (SSSR count). The van der Waals surface area contributed by atoms with Crippen LogP contribution >= 0.6 is 0 Å². The van der Waals surface area contributed by atoms with Crippen molar-refractivity contribution < 1.29 is 14.4 Å². The predicted octanol–water partition coefficient (Wildman–Crippen LogP) is 2.03. The Balaban J connectivity index is 1.40. The molecule has 1 atom stereocenters. The molecule has 2 aliphatic heterocycles. The number of para-hydroxylation sites is 1. The third kappa shape index (κ3) is 3.94. The van der Waals surface area contributed by atoms with E-state index in [1.165, 1.54) is 6.20 Å². The van der Waals surface area contributed by atoms with Crippen LogP contribution in [0.25, 0.3) is 5.69 Å². The lowest BCUT2D eigenvalue weighted by atomic mass is 10.0. The van der Waals surface area contributed by atoms with Gasteiger partial charge in [-0.3, -0.25) is 14.4 Å². The van der Waals surface area contributed by atoms with Gasteiger partial charge < -0.3 is 15.5 Å². The lowest BCUT2D eigenvalue weighted by Crippen LogP contribution is -2.41. The summed E-state index contributed by atoms with van der Waals surface area (Å²) in [6, 6.07) is 8.90. The second-order valence-electron chi connectivity index (χ2n) is 7.89. The molecule has 1 aromatic heterocycles. The van der Waals surface area contributed by atoms with Gasteiger partial charge in [-0.1, -0.05) is 18.2 Å². The number of hydrogen-bond donors (Lipinski definition) is 1.